The average molecular weight is 259 g/mol. The van der Waals surface area contributed by atoms with Crippen LogP contribution in [-0.4, -0.2) is 15.3 Å². The fraction of sp³-hybridized carbons (Fsp3) is 0.333. The molecule has 1 rings (SSSR count). The van der Waals surface area contributed by atoms with Crippen LogP contribution in [0.5, 0.6) is 0 Å². The number of carbonyl (C=O) groups is 1. The first-order valence-electron chi connectivity index (χ1n) is 6.45. The van der Waals surface area contributed by atoms with E-state index in [4.69, 9.17) is 5.73 Å². The number of nitrogens with two attached hydrogens (primary N) is 1. The van der Waals surface area contributed by atoms with Gasteiger partial charge in [0.2, 0.25) is 0 Å². The SMILES string of the molecule is C=C/C=C\C=C/CCC(C(=O)CC)n1cnc(N)c1. The molecule has 0 radical (unpaired) electrons. The minimum Gasteiger partial charge on any atom is -0.382 e. The van der Waals surface area contributed by atoms with Crippen LogP contribution >= 0.6 is 0 Å². The molecule has 19 heavy (non-hydrogen) atoms. The highest BCUT2D eigenvalue weighted by molar-refractivity contribution is 5.82. The van der Waals surface area contributed by atoms with Crippen LogP contribution in [0, 0.1) is 0 Å². The van der Waals surface area contributed by atoms with Gasteiger partial charge in [0.1, 0.15) is 5.82 Å². The van der Waals surface area contributed by atoms with Gasteiger partial charge in [0.15, 0.2) is 5.78 Å². The second kappa shape index (κ2) is 8.08. The lowest BCUT2D eigenvalue weighted by atomic mass is 10.0. The number of rotatable bonds is 8. The molecular weight excluding hydrogens is 238 g/mol. The highest BCUT2D eigenvalue weighted by atomic mass is 16.1. The number of imidazole rings is 1. The summed E-state index contributed by atoms with van der Waals surface area (Å²) < 4.78 is 1.80. The van der Waals surface area contributed by atoms with Crippen LogP contribution in [-0.2, 0) is 4.79 Å². The van der Waals surface area contributed by atoms with Gasteiger partial charge < -0.3 is 10.3 Å². The second-order valence-electron chi connectivity index (χ2n) is 4.21. The minimum atomic E-state index is -0.178. The molecule has 1 atom stereocenters. The van der Waals surface area contributed by atoms with Gasteiger partial charge in [-0.1, -0.05) is 43.9 Å². The molecule has 0 spiro atoms. The van der Waals surface area contributed by atoms with Gasteiger partial charge in [-0.25, -0.2) is 4.98 Å². The summed E-state index contributed by atoms with van der Waals surface area (Å²) in [5.74, 6) is 0.644. The van der Waals surface area contributed by atoms with Gasteiger partial charge in [0, 0.05) is 12.6 Å². The van der Waals surface area contributed by atoms with E-state index in [0.29, 0.717) is 12.2 Å². The summed E-state index contributed by atoms with van der Waals surface area (Å²) in [6.45, 7) is 5.47. The first kappa shape index (κ1) is 15.0. The molecule has 0 aromatic carbocycles. The molecule has 2 N–H and O–H groups in total. The number of hydrogen-bond acceptors (Lipinski definition) is 3. The molecule has 1 unspecified atom stereocenters. The van der Waals surface area contributed by atoms with Crippen molar-refractivity contribution in [1.29, 1.82) is 0 Å². The molecule has 4 heteroatoms. The average Bonchev–Trinajstić information content (AvgIpc) is 2.83. The topological polar surface area (TPSA) is 60.9 Å². The van der Waals surface area contributed by atoms with Crippen LogP contribution in [0.15, 0.2) is 49.5 Å². The second-order valence-corrected chi connectivity index (χ2v) is 4.21. The summed E-state index contributed by atoms with van der Waals surface area (Å²) in [5, 5.41) is 0. The van der Waals surface area contributed by atoms with E-state index in [0.717, 1.165) is 12.8 Å². The smallest absolute Gasteiger partial charge is 0.155 e. The molecule has 0 aliphatic rings. The fourth-order valence-corrected chi connectivity index (χ4v) is 1.81. The van der Waals surface area contributed by atoms with Crippen molar-refractivity contribution in [2.24, 2.45) is 0 Å². The van der Waals surface area contributed by atoms with Crippen molar-refractivity contribution >= 4 is 11.6 Å². The number of aromatic nitrogens is 2. The Hall–Kier alpha value is -2.10. The number of nitrogen functional groups attached to an aromatic ring is 1. The zero-order valence-corrected chi connectivity index (χ0v) is 11.3. The molecule has 1 aromatic heterocycles. The van der Waals surface area contributed by atoms with Crippen molar-refractivity contribution in [1.82, 2.24) is 9.55 Å². The predicted octanol–water partition coefficient (Wildman–Crippen LogP) is 3.06. The molecule has 0 amide bonds. The van der Waals surface area contributed by atoms with E-state index in [-0.39, 0.29) is 11.8 Å². The summed E-state index contributed by atoms with van der Waals surface area (Å²) in [5.41, 5.74) is 5.59. The van der Waals surface area contributed by atoms with Crippen LogP contribution in [0.4, 0.5) is 5.82 Å². The van der Waals surface area contributed by atoms with Crippen LogP contribution in [0.2, 0.25) is 0 Å². The van der Waals surface area contributed by atoms with Gasteiger partial charge in [-0.15, -0.1) is 0 Å². The van der Waals surface area contributed by atoms with Gasteiger partial charge in [0.25, 0.3) is 0 Å². The molecule has 0 saturated carbocycles. The maximum absolute atomic E-state index is 11.9. The Kier molecular flexibility index (Phi) is 6.36. The normalized spacial score (nSPS) is 13.1. The molecule has 0 aliphatic heterocycles. The summed E-state index contributed by atoms with van der Waals surface area (Å²) in [7, 11) is 0. The van der Waals surface area contributed by atoms with E-state index < -0.39 is 0 Å². The first-order chi connectivity index (χ1) is 9.19. The summed E-state index contributed by atoms with van der Waals surface area (Å²) in [6, 6.07) is -0.178. The Morgan fingerprint density at radius 2 is 2.32 bits per heavy atom. The van der Waals surface area contributed by atoms with E-state index in [9.17, 15) is 4.79 Å². The fourth-order valence-electron chi connectivity index (χ4n) is 1.81. The maximum Gasteiger partial charge on any atom is 0.155 e. The summed E-state index contributed by atoms with van der Waals surface area (Å²) >= 11 is 0. The molecule has 0 saturated heterocycles. The number of nitrogens with zero attached hydrogens (tertiary/aromatic N) is 2. The van der Waals surface area contributed by atoms with Crippen LogP contribution in [0.25, 0.3) is 0 Å². The van der Waals surface area contributed by atoms with E-state index >= 15 is 0 Å². The van der Waals surface area contributed by atoms with E-state index in [1.165, 1.54) is 0 Å². The van der Waals surface area contributed by atoms with Crippen molar-refractivity contribution in [2.45, 2.75) is 32.2 Å². The van der Waals surface area contributed by atoms with Crippen molar-refractivity contribution in [2.75, 3.05) is 5.73 Å². The Morgan fingerprint density at radius 1 is 1.53 bits per heavy atom. The Bertz CT molecular complexity index is 471. The molecule has 102 valence electrons. The monoisotopic (exact) mass is 259 g/mol. The molecule has 0 aliphatic carbocycles. The zero-order valence-electron chi connectivity index (χ0n) is 11.3. The molecule has 1 aromatic rings. The molecule has 0 fully saturated rings. The Balaban J connectivity index is 2.61. The third-order valence-electron chi connectivity index (χ3n) is 2.80. The molecular formula is C15H21N3O. The molecule has 1 heterocycles. The van der Waals surface area contributed by atoms with Gasteiger partial charge >= 0.3 is 0 Å². The van der Waals surface area contributed by atoms with Crippen molar-refractivity contribution < 1.29 is 4.79 Å². The number of hydrogen-bond donors (Lipinski definition) is 1. The van der Waals surface area contributed by atoms with Gasteiger partial charge in [0.05, 0.1) is 12.4 Å². The third kappa shape index (κ3) is 4.95. The van der Waals surface area contributed by atoms with Gasteiger partial charge in [-0.05, 0) is 12.8 Å². The van der Waals surface area contributed by atoms with Gasteiger partial charge in [-0.3, -0.25) is 4.79 Å². The largest absolute Gasteiger partial charge is 0.382 e. The zero-order chi connectivity index (χ0) is 14.1. The summed E-state index contributed by atoms with van der Waals surface area (Å²) in [6.07, 6.45) is 14.9. The lowest BCUT2D eigenvalue weighted by Gasteiger charge is -2.15. The molecule has 4 nitrogen and oxygen atoms in total. The van der Waals surface area contributed by atoms with Crippen molar-refractivity contribution in [3.05, 3.63) is 49.5 Å². The van der Waals surface area contributed by atoms with Crippen molar-refractivity contribution in [3.8, 4) is 0 Å². The quantitative estimate of drug-likeness (QED) is 0.730. The highest BCUT2D eigenvalue weighted by Crippen LogP contribution is 2.18. The van der Waals surface area contributed by atoms with Crippen molar-refractivity contribution in [3.63, 3.8) is 0 Å². The Labute approximate surface area is 114 Å². The van der Waals surface area contributed by atoms with E-state index in [1.54, 1.807) is 23.2 Å². The lowest BCUT2D eigenvalue weighted by Crippen LogP contribution is -2.17. The number of ketones is 1. The lowest BCUT2D eigenvalue weighted by molar-refractivity contribution is -0.122. The number of allylic oxidation sites excluding steroid dienone is 5. The maximum atomic E-state index is 11.9. The predicted molar refractivity (Wildman–Crippen MR) is 78.7 cm³/mol. The third-order valence-corrected chi connectivity index (χ3v) is 2.80. The Morgan fingerprint density at radius 3 is 2.89 bits per heavy atom. The van der Waals surface area contributed by atoms with E-state index in [1.807, 2.05) is 31.2 Å². The first-order valence-corrected chi connectivity index (χ1v) is 6.45. The summed E-state index contributed by atoms with van der Waals surface area (Å²) in [4.78, 5) is 15.9. The molecule has 0 bridgehead atoms. The van der Waals surface area contributed by atoms with Crippen LogP contribution in [0.3, 0.4) is 0 Å². The standard InChI is InChI=1S/C15H21N3O/c1-3-5-6-7-8-9-10-13(14(19)4-2)18-11-15(16)17-12-18/h3,5-8,11-13H,1,4,9-10,16H2,2H3/b6-5-,8-7-. The number of Topliss-reactive ketones (excluding diaryl/α,β-unsaturated/α-hetero) is 1. The number of carbonyl (C=O) groups excluding carboxylic acids is 1. The van der Waals surface area contributed by atoms with Crippen LogP contribution in [0.1, 0.15) is 32.2 Å². The highest BCUT2D eigenvalue weighted by Gasteiger charge is 2.17. The minimum absolute atomic E-state index is 0.178. The van der Waals surface area contributed by atoms with E-state index in [2.05, 4.69) is 11.6 Å². The van der Waals surface area contributed by atoms with Gasteiger partial charge in [-0.2, -0.15) is 0 Å². The number of anilines is 1. The van der Waals surface area contributed by atoms with Crippen LogP contribution < -0.4 is 5.73 Å².